The molecule has 1 saturated heterocycles. The van der Waals surface area contributed by atoms with Gasteiger partial charge in [0.15, 0.2) is 0 Å². The van der Waals surface area contributed by atoms with Gasteiger partial charge in [-0.15, -0.1) is 0 Å². The zero-order chi connectivity index (χ0) is 26.2. The van der Waals surface area contributed by atoms with Crippen LogP contribution in [-0.4, -0.2) is 36.3 Å². The molecule has 2 heterocycles. The summed E-state index contributed by atoms with van der Waals surface area (Å²) < 4.78 is 114. The molecule has 1 aliphatic rings. The minimum Gasteiger partial charge on any atom is -0.398 e. The summed E-state index contributed by atoms with van der Waals surface area (Å²) >= 11 is 0. The Morgan fingerprint density at radius 3 is 2.45 bits per heavy atom. The van der Waals surface area contributed by atoms with Gasteiger partial charge in [-0.25, -0.2) is 0 Å². The van der Waals surface area contributed by atoms with Crippen LogP contribution in [0.15, 0.2) is 18.3 Å². The van der Waals surface area contributed by atoms with Crippen LogP contribution >= 0.6 is 0 Å². The van der Waals surface area contributed by atoms with Crippen LogP contribution in [0.4, 0.5) is 5.69 Å². The van der Waals surface area contributed by atoms with E-state index in [4.69, 9.17) is 27.1 Å². The second kappa shape index (κ2) is 5.37. The second-order valence-corrected chi connectivity index (χ2v) is 5.35. The normalized spacial score (nSPS) is 32.4. The highest BCUT2D eigenvalue weighted by Gasteiger charge is 2.52. The lowest BCUT2D eigenvalue weighted by Gasteiger charge is -2.32. The van der Waals surface area contributed by atoms with E-state index in [-0.39, 0.29) is 4.90 Å². The molecular formula is C15H25BN2O2. The molecular weight excluding hydrogens is 251 g/mol. The van der Waals surface area contributed by atoms with Gasteiger partial charge in [-0.1, -0.05) is 0 Å². The van der Waals surface area contributed by atoms with Crippen molar-refractivity contribution in [2.24, 2.45) is 0 Å². The third kappa shape index (κ3) is 2.70. The Morgan fingerprint density at radius 2 is 1.90 bits per heavy atom. The van der Waals surface area contributed by atoms with Crippen LogP contribution in [-0.2, 0) is 9.31 Å². The molecule has 0 spiro atoms. The topological polar surface area (TPSA) is 34.6 Å². The SMILES string of the molecule is [2H]c1nc(B2OC(C)(C)C(C)(C)O2)c([2H])c(N(C([2H])([2H])C([2H])([2H])[2H])C([2H])([2H])C([2H])([2H])[2H])c1[2H]. The Hall–Kier alpha value is -1.07. The number of aromatic nitrogens is 1. The third-order valence-corrected chi connectivity index (χ3v) is 3.52. The van der Waals surface area contributed by atoms with Crippen LogP contribution in [0, 0.1) is 0 Å². The maximum Gasteiger partial charge on any atom is 0.514 e. The number of anilines is 1. The van der Waals surface area contributed by atoms with E-state index in [0.29, 0.717) is 0 Å². The van der Waals surface area contributed by atoms with Crippen LogP contribution in [0.2, 0.25) is 0 Å². The van der Waals surface area contributed by atoms with Crippen LogP contribution in [0.3, 0.4) is 0 Å². The first-order valence-electron chi connectivity index (χ1n) is 12.5. The molecule has 1 aromatic rings. The molecule has 0 aliphatic carbocycles. The van der Waals surface area contributed by atoms with Crippen LogP contribution in [0.1, 0.15) is 59.2 Å². The first-order chi connectivity index (χ1) is 14.4. The van der Waals surface area contributed by atoms with E-state index < -0.39 is 74.6 Å². The number of hydrogen-bond donors (Lipinski definition) is 0. The molecule has 5 heteroatoms. The van der Waals surface area contributed by atoms with E-state index in [0.717, 1.165) is 0 Å². The van der Waals surface area contributed by atoms with Gasteiger partial charge < -0.3 is 14.2 Å². The average Bonchev–Trinajstić information content (AvgIpc) is 2.79. The lowest BCUT2D eigenvalue weighted by molar-refractivity contribution is 0.00578. The van der Waals surface area contributed by atoms with E-state index in [1.165, 1.54) is 0 Å². The van der Waals surface area contributed by atoms with Crippen molar-refractivity contribution in [3.05, 3.63) is 18.3 Å². The van der Waals surface area contributed by atoms with Crippen molar-refractivity contribution in [1.29, 1.82) is 0 Å². The van der Waals surface area contributed by atoms with Gasteiger partial charge in [-0.3, -0.25) is 4.98 Å². The van der Waals surface area contributed by atoms with Crippen molar-refractivity contribution in [1.82, 2.24) is 4.98 Å². The number of hydrogen-bond acceptors (Lipinski definition) is 4. The van der Waals surface area contributed by atoms with E-state index in [1.54, 1.807) is 27.7 Å². The summed E-state index contributed by atoms with van der Waals surface area (Å²) in [6.07, 6.45) is -0.876. The summed E-state index contributed by atoms with van der Waals surface area (Å²) in [4.78, 5) is 3.53. The maximum absolute atomic E-state index is 8.54. The first kappa shape index (κ1) is 5.62. The van der Waals surface area contributed by atoms with E-state index in [9.17, 15) is 0 Å². The Balaban J connectivity index is 2.89. The molecule has 0 radical (unpaired) electrons. The zero-order valence-corrected chi connectivity index (χ0v) is 11.8. The quantitative estimate of drug-likeness (QED) is 0.796. The summed E-state index contributed by atoms with van der Waals surface area (Å²) in [5.74, 6) is 0. The van der Waals surface area contributed by atoms with Crippen molar-refractivity contribution in [2.75, 3.05) is 17.9 Å². The van der Waals surface area contributed by atoms with E-state index in [1.807, 2.05) is 0 Å². The predicted molar refractivity (Wildman–Crippen MR) is 83.5 cm³/mol. The van der Waals surface area contributed by atoms with Gasteiger partial charge in [0.25, 0.3) is 0 Å². The molecule has 1 fully saturated rings. The fourth-order valence-corrected chi connectivity index (χ4v) is 1.64. The molecule has 0 saturated carbocycles. The van der Waals surface area contributed by atoms with Crippen molar-refractivity contribution in [3.63, 3.8) is 0 Å². The number of nitrogens with zero attached hydrogens (tertiary/aromatic N) is 2. The highest BCUT2D eigenvalue weighted by Crippen LogP contribution is 2.36. The number of rotatable bonds is 4. The fraction of sp³-hybridized carbons (Fsp3) is 0.667. The molecule has 0 unspecified atom stereocenters. The van der Waals surface area contributed by atoms with Gasteiger partial charge in [0.05, 0.1) is 20.9 Å². The minimum atomic E-state index is -3.70. The molecule has 0 amide bonds. The summed E-state index contributed by atoms with van der Waals surface area (Å²) in [7, 11) is -1.40. The number of pyridine rings is 1. The Bertz CT molecular complexity index is 888. The molecule has 1 aliphatic heterocycles. The second-order valence-electron chi connectivity index (χ2n) is 5.35. The molecule has 110 valence electrons. The summed E-state index contributed by atoms with van der Waals surface area (Å²) in [5.41, 5.74) is -3.36. The molecule has 0 aromatic carbocycles. The molecule has 4 nitrogen and oxygen atoms in total. The third-order valence-electron chi connectivity index (χ3n) is 3.52. The van der Waals surface area contributed by atoms with Crippen molar-refractivity contribution in [3.8, 4) is 0 Å². The molecule has 0 N–H and O–H groups in total. The molecule has 2 rings (SSSR count). The molecule has 0 bridgehead atoms. The maximum atomic E-state index is 8.54. The van der Waals surface area contributed by atoms with Crippen LogP contribution < -0.4 is 10.5 Å². The summed E-state index contributed by atoms with van der Waals surface area (Å²) in [6.45, 7) is -7.85. The highest BCUT2D eigenvalue weighted by atomic mass is 16.7. The highest BCUT2D eigenvalue weighted by molar-refractivity contribution is 6.61. The standard InChI is InChI=1S/C15H25BN2O2/c1-7-18(8-2)12-9-10-17-13(11-12)16-19-14(3,4)15(5,6)20-16/h9-11H,7-8H2,1-6H3/i1D3,2D3,7D2,8D2,9D,10D,11D. The molecule has 1 aromatic heterocycles. The Morgan fingerprint density at radius 1 is 1.30 bits per heavy atom. The average molecular weight is 289 g/mol. The van der Waals surface area contributed by atoms with Crippen molar-refractivity contribution < 1.29 is 27.1 Å². The lowest BCUT2D eigenvalue weighted by Crippen LogP contribution is -2.41. The van der Waals surface area contributed by atoms with Crippen LogP contribution in [0.25, 0.3) is 0 Å². The monoisotopic (exact) mass is 289 g/mol. The van der Waals surface area contributed by atoms with Crippen molar-refractivity contribution >= 4 is 18.4 Å². The van der Waals surface area contributed by atoms with Gasteiger partial charge in [-0.05, 0) is 53.5 Å². The van der Waals surface area contributed by atoms with E-state index in [2.05, 4.69) is 4.98 Å². The largest absolute Gasteiger partial charge is 0.514 e. The first-order valence-corrected chi connectivity index (χ1v) is 6.04. The van der Waals surface area contributed by atoms with Crippen molar-refractivity contribution in [2.45, 2.75) is 52.6 Å². The summed E-state index contributed by atoms with van der Waals surface area (Å²) in [5, 5.41) is 0. The van der Waals surface area contributed by atoms with Gasteiger partial charge in [0.2, 0.25) is 0 Å². The fourth-order valence-electron chi connectivity index (χ4n) is 1.64. The van der Waals surface area contributed by atoms with E-state index >= 15 is 0 Å². The van der Waals surface area contributed by atoms with Gasteiger partial charge in [0.1, 0.15) is 0 Å². The Labute approximate surface area is 140 Å². The van der Waals surface area contributed by atoms with Gasteiger partial charge in [0, 0.05) is 38.6 Å². The predicted octanol–water partition coefficient (Wildman–Crippen LogP) is 2.23. The lowest BCUT2D eigenvalue weighted by atomic mass is 9.84. The molecule has 20 heavy (non-hydrogen) atoms. The summed E-state index contributed by atoms with van der Waals surface area (Å²) in [6, 6.07) is -1.92. The molecule has 0 atom stereocenters. The van der Waals surface area contributed by atoms with Gasteiger partial charge in [-0.2, -0.15) is 0 Å². The smallest absolute Gasteiger partial charge is 0.398 e. The minimum absolute atomic E-state index is 0.279. The zero-order valence-electron chi connectivity index (χ0n) is 24.8. The van der Waals surface area contributed by atoms with Crippen LogP contribution in [0.5, 0.6) is 0 Å². The Kier molecular flexibility index (Phi) is 1.51. The van der Waals surface area contributed by atoms with Gasteiger partial charge >= 0.3 is 7.12 Å².